The first-order chi connectivity index (χ1) is 19.3. The van der Waals surface area contributed by atoms with Crippen LogP contribution in [0.15, 0.2) is 44.8 Å². The molecular weight excluding hydrogens is 615 g/mol. The number of carbonyl (C=O) groups is 5. The molecule has 0 radical (unpaired) electrons. The van der Waals surface area contributed by atoms with Crippen LogP contribution < -0.4 is 21.9 Å². The standard InChI is InChI=1S/C20H16F3N9O6S3/c21-20(22,23)8-1-12(32-9(26-8)2-29(28-32)19(25)38)39-4-7-5-40-16-14(15(35)31(16)13(7)17(36)37)30(11(34)3-33)10-6-41-18(24)27-10/h1-3,6,14,16,28H,4-5H2,(H2,24,27)(H2,25,38)(H,36,37)/t14-,16-/m1/s1. The van der Waals surface area contributed by atoms with Gasteiger partial charge >= 0.3 is 18.2 Å². The van der Waals surface area contributed by atoms with Crippen LogP contribution in [0, 0.1) is 0 Å². The Morgan fingerprint density at radius 3 is 2.66 bits per heavy atom. The van der Waals surface area contributed by atoms with Crippen LogP contribution in [0.3, 0.4) is 0 Å². The molecule has 5 heterocycles. The maximum atomic E-state index is 13.5. The first-order valence-corrected chi connectivity index (χ1v) is 14.0. The number of allylic oxidation sites excluding steroid dienone is 1. The second-order valence-corrected chi connectivity index (χ2v) is 11.4. The van der Waals surface area contributed by atoms with Gasteiger partial charge < -0.3 is 16.6 Å². The summed E-state index contributed by atoms with van der Waals surface area (Å²) in [5.74, 6) is -3.81. The number of hydrogen-bond acceptors (Lipinski definition) is 13. The molecule has 1 fully saturated rings. The van der Waals surface area contributed by atoms with Gasteiger partial charge in [0.25, 0.3) is 11.8 Å². The van der Waals surface area contributed by atoms with Gasteiger partial charge in [0.2, 0.25) is 6.29 Å². The summed E-state index contributed by atoms with van der Waals surface area (Å²) < 4.78 is 40.5. The number of aliphatic imine (C=N–C) groups is 1. The average molecular weight is 632 g/mol. The number of rotatable bonds is 7. The lowest BCUT2D eigenvalue weighted by Crippen LogP contribution is -2.72. The highest BCUT2D eigenvalue weighted by Gasteiger charge is 2.57. The zero-order chi connectivity index (χ0) is 29.8. The molecule has 21 heteroatoms. The van der Waals surface area contributed by atoms with Gasteiger partial charge in [-0.1, -0.05) is 0 Å². The first-order valence-electron chi connectivity index (χ1n) is 11.1. The van der Waals surface area contributed by atoms with Crippen LogP contribution in [0.5, 0.6) is 0 Å². The van der Waals surface area contributed by atoms with Crippen LogP contribution in [-0.2, 0) is 19.2 Å². The molecule has 0 saturated carbocycles. The van der Waals surface area contributed by atoms with Crippen LogP contribution >= 0.6 is 34.9 Å². The Balaban J connectivity index is 1.41. The topological polar surface area (TPSA) is 208 Å². The van der Waals surface area contributed by atoms with Crippen LogP contribution in [-0.4, -0.2) is 89.9 Å². The number of aliphatic carboxylic acids is 1. The van der Waals surface area contributed by atoms with E-state index in [0.29, 0.717) is 6.08 Å². The maximum absolute atomic E-state index is 13.5. The van der Waals surface area contributed by atoms with Crippen molar-refractivity contribution in [3.8, 4) is 0 Å². The monoisotopic (exact) mass is 631 g/mol. The van der Waals surface area contributed by atoms with Crippen molar-refractivity contribution in [1.82, 2.24) is 25.4 Å². The molecule has 4 amide bonds. The molecule has 41 heavy (non-hydrogen) atoms. The number of carboxylic acids is 1. The van der Waals surface area contributed by atoms with Crippen molar-refractivity contribution < 1.29 is 42.3 Å². The molecule has 2 atom stereocenters. The van der Waals surface area contributed by atoms with Gasteiger partial charge in [0, 0.05) is 23.0 Å². The van der Waals surface area contributed by atoms with E-state index >= 15 is 0 Å². The molecule has 15 nitrogen and oxygen atoms in total. The Morgan fingerprint density at radius 2 is 2.07 bits per heavy atom. The Morgan fingerprint density at radius 1 is 1.34 bits per heavy atom. The second kappa shape index (κ2) is 10.4. The summed E-state index contributed by atoms with van der Waals surface area (Å²) in [5, 5.41) is 12.3. The number of thioether (sulfide) groups is 2. The Kier molecular flexibility index (Phi) is 7.21. The first kappa shape index (κ1) is 28.4. The normalized spacial score (nSPS) is 21.9. The van der Waals surface area contributed by atoms with Gasteiger partial charge in [0.1, 0.15) is 28.6 Å². The highest BCUT2D eigenvalue weighted by molar-refractivity contribution is 8.03. The van der Waals surface area contributed by atoms with Gasteiger partial charge in [-0.2, -0.15) is 13.2 Å². The fourth-order valence-electron chi connectivity index (χ4n) is 4.18. The molecule has 216 valence electrons. The zero-order valence-electron chi connectivity index (χ0n) is 20.1. The van der Waals surface area contributed by atoms with Gasteiger partial charge in [0.15, 0.2) is 11.0 Å². The number of amides is 4. The maximum Gasteiger partial charge on any atom is 0.433 e. The molecule has 0 aromatic carbocycles. The summed E-state index contributed by atoms with van der Waals surface area (Å²) in [6, 6.07) is -2.26. The van der Waals surface area contributed by atoms with E-state index in [0.717, 1.165) is 60.9 Å². The number of primary amides is 1. The number of thiazole rings is 1. The summed E-state index contributed by atoms with van der Waals surface area (Å²) >= 11 is 2.87. The molecule has 4 aliphatic rings. The summed E-state index contributed by atoms with van der Waals surface area (Å²) in [4.78, 5) is 70.0. The van der Waals surface area contributed by atoms with Crippen molar-refractivity contribution in [2.45, 2.75) is 17.6 Å². The minimum absolute atomic E-state index is 0.000154. The molecule has 4 aliphatic heterocycles. The molecule has 1 aromatic rings. The molecule has 1 saturated heterocycles. The van der Waals surface area contributed by atoms with E-state index in [1.165, 1.54) is 5.38 Å². The number of nitrogen functional groups attached to an aromatic ring is 1. The molecule has 0 aliphatic carbocycles. The number of hydrazine groups is 2. The molecule has 1 aromatic heterocycles. The molecular formula is C20H16F3N9O6S3. The van der Waals surface area contributed by atoms with Crippen LogP contribution in [0.4, 0.5) is 28.9 Å². The predicted molar refractivity (Wildman–Crippen MR) is 140 cm³/mol. The van der Waals surface area contributed by atoms with E-state index in [9.17, 15) is 42.3 Å². The number of anilines is 2. The number of urea groups is 1. The number of halogens is 3. The number of fused-ring (bicyclic) bond motifs is 2. The predicted octanol–water partition coefficient (Wildman–Crippen LogP) is 0.386. The van der Waals surface area contributed by atoms with Crippen LogP contribution in [0.25, 0.3) is 0 Å². The number of alkyl halides is 3. The number of aromatic nitrogens is 1. The highest BCUT2D eigenvalue weighted by Crippen LogP contribution is 2.45. The number of hydrogen-bond donors (Lipinski definition) is 4. The Labute approximate surface area is 239 Å². The van der Waals surface area contributed by atoms with E-state index in [4.69, 9.17) is 11.5 Å². The fraction of sp³-hybridized carbons (Fsp3) is 0.250. The summed E-state index contributed by atoms with van der Waals surface area (Å²) in [6.07, 6.45) is -3.15. The summed E-state index contributed by atoms with van der Waals surface area (Å²) in [7, 11) is 0. The number of β-lactam (4-membered cyclic amide) rings is 1. The zero-order valence-corrected chi connectivity index (χ0v) is 22.5. The van der Waals surface area contributed by atoms with Crippen molar-refractivity contribution in [2.75, 3.05) is 22.1 Å². The van der Waals surface area contributed by atoms with E-state index in [2.05, 4.69) is 15.5 Å². The second-order valence-electron chi connectivity index (χ2n) is 8.38. The lowest BCUT2D eigenvalue weighted by Gasteiger charge is -2.52. The number of aldehydes is 1. The van der Waals surface area contributed by atoms with Crippen molar-refractivity contribution in [2.24, 2.45) is 10.7 Å². The third kappa shape index (κ3) is 5.00. The largest absolute Gasteiger partial charge is 0.477 e. The van der Waals surface area contributed by atoms with Gasteiger partial charge in [-0.25, -0.2) is 29.6 Å². The number of carboxylic acid groups (broad SMARTS) is 1. The molecule has 0 spiro atoms. The van der Waals surface area contributed by atoms with Gasteiger partial charge in [0.05, 0.1) is 11.2 Å². The Hall–Kier alpha value is -4.08. The number of nitrogens with zero attached hydrogens (tertiary/aromatic N) is 6. The van der Waals surface area contributed by atoms with Gasteiger partial charge in [-0.3, -0.25) is 24.2 Å². The van der Waals surface area contributed by atoms with E-state index in [1.54, 1.807) is 0 Å². The van der Waals surface area contributed by atoms with Crippen LogP contribution in [0.1, 0.15) is 0 Å². The summed E-state index contributed by atoms with van der Waals surface area (Å²) in [6.45, 7) is 0. The minimum atomic E-state index is -4.83. The van der Waals surface area contributed by atoms with Crippen molar-refractivity contribution >= 4 is 81.6 Å². The number of carbonyl (C=O) groups excluding carboxylic acids is 4. The average Bonchev–Trinajstić information content (AvgIpc) is 3.55. The SMILES string of the molecule is NC(=O)N1C=C2N=C(C(F)(F)F)C=C(SCC3=C(C(=O)O)N4C(=O)[C@@H](N(C(=O)C=O)c5csc(N)n5)[C@H]4SC3)N2N1. The molecule has 0 bridgehead atoms. The third-order valence-electron chi connectivity index (χ3n) is 5.91. The molecule has 0 unspecified atom stereocenters. The molecule has 5 rings (SSSR count). The van der Waals surface area contributed by atoms with Crippen molar-refractivity contribution in [3.05, 3.63) is 39.8 Å². The summed E-state index contributed by atoms with van der Waals surface area (Å²) in [5.41, 5.74) is 11.8. The quantitative estimate of drug-likeness (QED) is 0.183. The third-order valence-corrected chi connectivity index (χ3v) is 8.99. The number of nitrogens with one attached hydrogen (secondary N) is 1. The Bertz CT molecular complexity index is 1510. The van der Waals surface area contributed by atoms with Gasteiger partial charge in [-0.05, 0) is 5.57 Å². The van der Waals surface area contributed by atoms with Gasteiger partial charge in [-0.15, -0.1) is 40.4 Å². The van der Waals surface area contributed by atoms with E-state index < -0.39 is 52.8 Å². The van der Waals surface area contributed by atoms with E-state index in [1.807, 2.05) is 0 Å². The van der Waals surface area contributed by atoms with Crippen molar-refractivity contribution in [3.63, 3.8) is 0 Å². The minimum Gasteiger partial charge on any atom is -0.477 e. The lowest BCUT2D eigenvalue weighted by atomic mass is 10.0. The number of nitrogens with two attached hydrogens (primary N) is 2. The van der Waals surface area contributed by atoms with Crippen molar-refractivity contribution in [1.29, 1.82) is 0 Å². The fourth-order valence-corrected chi connectivity index (χ4v) is 7.26. The highest BCUT2D eigenvalue weighted by atomic mass is 32.2. The smallest absolute Gasteiger partial charge is 0.433 e. The lowest BCUT2D eigenvalue weighted by molar-refractivity contribution is -0.149. The van der Waals surface area contributed by atoms with E-state index in [-0.39, 0.29) is 45.2 Å². The van der Waals surface area contributed by atoms with Crippen LogP contribution in [0.2, 0.25) is 0 Å². The molecule has 6 N–H and O–H groups in total.